The number of hydrogen-bond acceptors (Lipinski definition) is 5. The Labute approximate surface area is 234 Å². The number of nitrogens with one attached hydrogen (secondary N) is 1. The zero-order valence-electron chi connectivity index (χ0n) is 22.8. The van der Waals surface area contributed by atoms with Crippen molar-refractivity contribution in [1.29, 1.82) is 0 Å². The summed E-state index contributed by atoms with van der Waals surface area (Å²) in [6, 6.07) is 9.82. The van der Waals surface area contributed by atoms with Crippen LogP contribution in [0.1, 0.15) is 63.1 Å². The number of carbonyl (C=O) groups excluding carboxylic acids is 2. The molecule has 6 rings (SSSR count). The second-order valence-electron chi connectivity index (χ2n) is 11.3. The number of allylic oxidation sites excluding steroid dienone is 2. The lowest BCUT2D eigenvalue weighted by Gasteiger charge is -2.34. The van der Waals surface area contributed by atoms with Crippen molar-refractivity contribution in [2.24, 2.45) is 10.9 Å². The second kappa shape index (κ2) is 10.0. The molecule has 39 heavy (non-hydrogen) atoms. The monoisotopic (exact) mass is 547 g/mol. The minimum atomic E-state index is -0.646. The van der Waals surface area contributed by atoms with E-state index in [1.807, 2.05) is 30.9 Å². The van der Waals surface area contributed by atoms with Crippen molar-refractivity contribution < 1.29 is 19.1 Å². The first-order valence-corrected chi connectivity index (χ1v) is 14.2. The summed E-state index contributed by atoms with van der Waals surface area (Å²) in [5, 5.41) is 3.47. The highest BCUT2D eigenvalue weighted by molar-refractivity contribution is 6.30. The minimum absolute atomic E-state index is 0.0684. The van der Waals surface area contributed by atoms with Gasteiger partial charge in [-0.2, -0.15) is 0 Å². The third-order valence-corrected chi connectivity index (χ3v) is 8.82. The Morgan fingerprint density at radius 3 is 2.69 bits per heavy atom. The van der Waals surface area contributed by atoms with Gasteiger partial charge in [0.15, 0.2) is 0 Å². The number of nitrogens with zero attached hydrogens (tertiary/aromatic N) is 2. The summed E-state index contributed by atoms with van der Waals surface area (Å²) >= 11 is 6.22. The van der Waals surface area contributed by atoms with Crippen molar-refractivity contribution in [3.8, 4) is 16.9 Å². The van der Waals surface area contributed by atoms with E-state index in [1.165, 1.54) is 29.4 Å². The first-order chi connectivity index (χ1) is 18.7. The lowest BCUT2D eigenvalue weighted by molar-refractivity contribution is -0.135. The van der Waals surface area contributed by atoms with Crippen LogP contribution in [0.5, 0.6) is 5.75 Å². The summed E-state index contributed by atoms with van der Waals surface area (Å²) in [6.45, 7) is 6.46. The van der Waals surface area contributed by atoms with Gasteiger partial charge in [0.25, 0.3) is 0 Å². The zero-order chi connectivity index (χ0) is 27.4. The van der Waals surface area contributed by atoms with Crippen LogP contribution in [-0.4, -0.2) is 47.8 Å². The number of alkyl carbamates (subject to hydrolysis) is 1. The molecule has 4 aliphatic rings. The average Bonchev–Trinajstić information content (AvgIpc) is 3.53. The van der Waals surface area contributed by atoms with Crippen molar-refractivity contribution in [2.45, 2.75) is 77.6 Å². The fourth-order valence-corrected chi connectivity index (χ4v) is 6.75. The standard InChI is InChI=1S/C31H34ClN3O4/c1-16(2)29(34-31(37)38-4)30(36)35-17(3)5-10-27(35)26-13-23-22-14-28-24(12-18(22)6-9-25(23)33-26)21-8-7-20(32)11-19(21)15-39-28/h7-8,11-12,14,16-17,27,29H,5-6,9-10,13,15H2,1-4H3,(H,34,37)/t17-,27-,29-/m0/s1. The highest BCUT2D eigenvalue weighted by atomic mass is 35.5. The molecule has 0 radical (unpaired) electrons. The highest BCUT2D eigenvalue weighted by Gasteiger charge is 2.43. The number of aryl methyl sites for hydroxylation is 1. The first-order valence-electron chi connectivity index (χ1n) is 13.8. The van der Waals surface area contributed by atoms with Crippen molar-refractivity contribution in [1.82, 2.24) is 10.2 Å². The summed E-state index contributed by atoms with van der Waals surface area (Å²) in [5.41, 5.74) is 9.35. The van der Waals surface area contributed by atoms with Crippen molar-refractivity contribution in [3.05, 3.63) is 57.7 Å². The van der Waals surface area contributed by atoms with Gasteiger partial charge in [0.1, 0.15) is 18.4 Å². The molecule has 204 valence electrons. The highest BCUT2D eigenvalue weighted by Crippen LogP contribution is 2.47. The van der Waals surface area contributed by atoms with Gasteiger partial charge in [0.2, 0.25) is 5.91 Å². The van der Waals surface area contributed by atoms with E-state index in [4.69, 9.17) is 26.1 Å². The third kappa shape index (κ3) is 4.50. The van der Waals surface area contributed by atoms with Gasteiger partial charge >= 0.3 is 6.09 Å². The zero-order valence-corrected chi connectivity index (χ0v) is 23.6. The number of halogens is 1. The van der Waals surface area contributed by atoms with E-state index in [0.29, 0.717) is 6.61 Å². The van der Waals surface area contributed by atoms with E-state index >= 15 is 0 Å². The quantitative estimate of drug-likeness (QED) is 0.497. The van der Waals surface area contributed by atoms with Crippen LogP contribution in [0.25, 0.3) is 16.7 Å². The molecule has 0 aromatic heterocycles. The van der Waals surface area contributed by atoms with Gasteiger partial charge in [-0.3, -0.25) is 9.79 Å². The predicted octanol–water partition coefficient (Wildman–Crippen LogP) is 6.16. The number of amides is 2. The molecule has 0 unspecified atom stereocenters. The van der Waals surface area contributed by atoms with Gasteiger partial charge in [-0.05, 0) is 90.6 Å². The molecule has 1 aliphatic carbocycles. The minimum Gasteiger partial charge on any atom is -0.488 e. The molecule has 2 aromatic rings. The molecule has 0 saturated carbocycles. The van der Waals surface area contributed by atoms with Crippen molar-refractivity contribution >= 4 is 34.9 Å². The summed E-state index contributed by atoms with van der Waals surface area (Å²) in [6.07, 6.45) is 3.72. The largest absolute Gasteiger partial charge is 0.488 e. The van der Waals surface area contributed by atoms with E-state index in [9.17, 15) is 9.59 Å². The van der Waals surface area contributed by atoms with Crippen LogP contribution in [0.2, 0.25) is 5.02 Å². The topological polar surface area (TPSA) is 80.2 Å². The number of benzene rings is 2. The second-order valence-corrected chi connectivity index (χ2v) is 11.8. The third-order valence-electron chi connectivity index (χ3n) is 8.59. The normalized spacial score (nSPS) is 21.9. The Kier molecular flexibility index (Phi) is 6.66. The Morgan fingerprint density at radius 1 is 1.10 bits per heavy atom. The number of fused-ring (bicyclic) bond motifs is 5. The Bertz CT molecular complexity index is 1430. The van der Waals surface area contributed by atoms with Crippen LogP contribution in [-0.2, 0) is 22.6 Å². The van der Waals surface area contributed by atoms with E-state index in [2.05, 4.69) is 30.4 Å². The van der Waals surface area contributed by atoms with E-state index in [1.54, 1.807) is 0 Å². The predicted molar refractivity (Wildman–Crippen MR) is 152 cm³/mol. The lowest BCUT2D eigenvalue weighted by Crippen LogP contribution is -2.55. The van der Waals surface area contributed by atoms with Crippen molar-refractivity contribution in [2.75, 3.05) is 7.11 Å². The number of carbonyl (C=O) groups is 2. The molecule has 3 aliphatic heterocycles. The Balaban J connectivity index is 1.27. The maximum absolute atomic E-state index is 13.8. The summed E-state index contributed by atoms with van der Waals surface area (Å²) < 4.78 is 11.0. The molecule has 0 spiro atoms. The molecule has 1 saturated heterocycles. The van der Waals surface area contributed by atoms with Gasteiger partial charge in [0.05, 0.1) is 13.2 Å². The summed E-state index contributed by atoms with van der Waals surface area (Å²) in [5.74, 6) is 0.756. The molecule has 0 bridgehead atoms. The van der Waals surface area contributed by atoms with Crippen LogP contribution >= 0.6 is 11.6 Å². The van der Waals surface area contributed by atoms with Crippen LogP contribution < -0.4 is 10.1 Å². The van der Waals surface area contributed by atoms with Crippen molar-refractivity contribution in [3.63, 3.8) is 0 Å². The molecule has 1 N–H and O–H groups in total. The number of aliphatic imine (C=N–C) groups is 1. The fourth-order valence-electron chi connectivity index (χ4n) is 6.55. The molecule has 8 heteroatoms. The molecule has 2 aromatic carbocycles. The number of methoxy groups -OCH3 is 1. The molecular weight excluding hydrogens is 514 g/mol. The van der Waals surface area contributed by atoms with Gasteiger partial charge in [-0.1, -0.05) is 31.5 Å². The molecule has 7 nitrogen and oxygen atoms in total. The van der Waals surface area contributed by atoms with E-state index in [-0.39, 0.29) is 23.9 Å². The molecule has 3 heterocycles. The average molecular weight is 548 g/mol. The maximum atomic E-state index is 13.8. The Hall–Kier alpha value is -3.32. The number of rotatable bonds is 4. The number of likely N-dealkylation sites (tertiary alicyclic amines) is 1. The first kappa shape index (κ1) is 25.9. The van der Waals surface area contributed by atoms with Gasteiger partial charge in [-0.25, -0.2) is 4.79 Å². The molecule has 1 fully saturated rings. The fraction of sp³-hybridized carbons (Fsp3) is 0.452. The molecule has 2 amide bonds. The summed E-state index contributed by atoms with van der Waals surface area (Å²) in [7, 11) is 1.32. The van der Waals surface area contributed by atoms with Crippen LogP contribution in [0.15, 0.2) is 41.0 Å². The van der Waals surface area contributed by atoms with Crippen LogP contribution in [0, 0.1) is 5.92 Å². The van der Waals surface area contributed by atoms with Crippen LogP contribution in [0.3, 0.4) is 0 Å². The Morgan fingerprint density at radius 2 is 1.92 bits per heavy atom. The van der Waals surface area contributed by atoms with Gasteiger partial charge in [0, 0.05) is 34.5 Å². The number of hydrogen-bond donors (Lipinski definition) is 1. The van der Waals surface area contributed by atoms with E-state index < -0.39 is 12.1 Å². The maximum Gasteiger partial charge on any atom is 0.407 e. The summed E-state index contributed by atoms with van der Waals surface area (Å²) in [4.78, 5) is 32.8. The van der Waals surface area contributed by atoms with E-state index in [0.717, 1.165) is 65.4 Å². The molecule has 3 atom stereocenters. The smallest absolute Gasteiger partial charge is 0.407 e. The van der Waals surface area contributed by atoms with Gasteiger partial charge in [-0.15, -0.1) is 0 Å². The lowest BCUT2D eigenvalue weighted by atomic mass is 9.84. The number of ether oxygens (including phenoxy) is 2. The molecular formula is C31H34ClN3O4. The SMILES string of the molecule is COC(=O)N[C@H](C(=O)N1[C@@H](C)CC[C@H]1C1=NC2=C(C1)c1cc3c(cc1CC2)-c1ccc(Cl)cc1CO3)C(C)C. The van der Waals surface area contributed by atoms with Crippen LogP contribution in [0.4, 0.5) is 4.79 Å². The van der Waals surface area contributed by atoms with Gasteiger partial charge < -0.3 is 19.7 Å².